The zero-order valence-electron chi connectivity index (χ0n) is 14.4. The first-order valence-corrected chi connectivity index (χ1v) is 9.00. The van der Waals surface area contributed by atoms with Gasteiger partial charge >= 0.3 is 0 Å². The molecule has 3 aromatic rings. The van der Waals surface area contributed by atoms with Gasteiger partial charge in [0.05, 0.1) is 4.92 Å². The van der Waals surface area contributed by atoms with Gasteiger partial charge in [-0.2, -0.15) is 0 Å². The quantitative estimate of drug-likeness (QED) is 0.433. The molecule has 0 radical (unpaired) electrons. The van der Waals surface area contributed by atoms with Crippen LogP contribution < -0.4 is 0 Å². The van der Waals surface area contributed by atoms with Gasteiger partial charge in [0.1, 0.15) is 0 Å². The number of nitro benzene ring substituents is 1. The number of non-ortho nitro benzene ring substituents is 1. The number of rotatable bonds is 3. The average molecular weight is 334 g/mol. The molecule has 0 unspecified atom stereocenters. The van der Waals surface area contributed by atoms with Crippen LogP contribution in [0, 0.1) is 17.0 Å². The fourth-order valence-electron chi connectivity index (χ4n) is 4.02. The standard InChI is InChI=1S/C21H22N2O2/c1-15-7-9-16(10-8-15)21-14-17-13-19(23(24)25)11-12-20(17)22(21)18-5-3-2-4-6-18/h7-14,18H,2-6H2,1H3. The van der Waals surface area contributed by atoms with Gasteiger partial charge in [-0.25, -0.2) is 0 Å². The first-order chi connectivity index (χ1) is 12.1. The molecule has 2 aromatic carbocycles. The first kappa shape index (κ1) is 15.9. The van der Waals surface area contributed by atoms with E-state index in [1.807, 2.05) is 6.07 Å². The van der Waals surface area contributed by atoms with Crippen LogP contribution in [0.5, 0.6) is 0 Å². The average Bonchev–Trinajstić information content (AvgIpc) is 3.01. The summed E-state index contributed by atoms with van der Waals surface area (Å²) >= 11 is 0. The fourth-order valence-corrected chi connectivity index (χ4v) is 4.02. The molecule has 0 N–H and O–H groups in total. The van der Waals surface area contributed by atoms with Gasteiger partial charge in [0.15, 0.2) is 0 Å². The van der Waals surface area contributed by atoms with Crippen LogP contribution in [0.15, 0.2) is 48.5 Å². The second kappa shape index (κ2) is 6.36. The Morgan fingerprint density at radius 3 is 2.40 bits per heavy atom. The van der Waals surface area contributed by atoms with Crippen molar-refractivity contribution in [3.05, 3.63) is 64.2 Å². The molecule has 0 atom stereocenters. The Bertz CT molecular complexity index is 919. The van der Waals surface area contributed by atoms with Crippen molar-refractivity contribution in [2.24, 2.45) is 0 Å². The number of aromatic nitrogens is 1. The number of benzene rings is 2. The SMILES string of the molecule is Cc1ccc(-c2cc3cc([N+](=O)[O-])ccc3n2C2CCCCC2)cc1. The Morgan fingerprint density at radius 1 is 1.00 bits per heavy atom. The largest absolute Gasteiger partial charge is 0.337 e. The summed E-state index contributed by atoms with van der Waals surface area (Å²) in [5, 5.41) is 12.1. The second-order valence-corrected chi connectivity index (χ2v) is 7.06. The Hall–Kier alpha value is -2.62. The van der Waals surface area contributed by atoms with Crippen LogP contribution in [0.4, 0.5) is 5.69 Å². The van der Waals surface area contributed by atoms with Crippen LogP contribution in [0.3, 0.4) is 0 Å². The van der Waals surface area contributed by atoms with E-state index in [-0.39, 0.29) is 10.6 Å². The van der Waals surface area contributed by atoms with E-state index < -0.39 is 0 Å². The van der Waals surface area contributed by atoms with Crippen molar-refractivity contribution in [1.29, 1.82) is 0 Å². The van der Waals surface area contributed by atoms with E-state index >= 15 is 0 Å². The van der Waals surface area contributed by atoms with Crippen molar-refractivity contribution in [2.75, 3.05) is 0 Å². The van der Waals surface area contributed by atoms with E-state index in [1.54, 1.807) is 12.1 Å². The number of nitrogens with zero attached hydrogens (tertiary/aromatic N) is 2. The maximum Gasteiger partial charge on any atom is 0.270 e. The zero-order valence-corrected chi connectivity index (χ0v) is 14.4. The fraction of sp³-hybridized carbons (Fsp3) is 0.333. The van der Waals surface area contributed by atoms with Crippen LogP contribution in [0.25, 0.3) is 22.2 Å². The van der Waals surface area contributed by atoms with Crippen LogP contribution in [0.2, 0.25) is 0 Å². The zero-order chi connectivity index (χ0) is 17.4. The van der Waals surface area contributed by atoms with Gasteiger partial charge in [-0.15, -0.1) is 0 Å². The summed E-state index contributed by atoms with van der Waals surface area (Å²) in [6, 6.07) is 16.4. The minimum Gasteiger partial charge on any atom is -0.337 e. The Morgan fingerprint density at radius 2 is 1.72 bits per heavy atom. The molecule has 4 rings (SSSR count). The molecule has 4 heteroatoms. The molecule has 0 bridgehead atoms. The predicted octanol–water partition coefficient (Wildman–Crippen LogP) is 6.03. The van der Waals surface area contributed by atoms with Gasteiger partial charge < -0.3 is 4.57 Å². The predicted molar refractivity (Wildman–Crippen MR) is 101 cm³/mol. The topological polar surface area (TPSA) is 48.1 Å². The van der Waals surface area contributed by atoms with Crippen LogP contribution >= 0.6 is 0 Å². The number of aryl methyl sites for hydroxylation is 1. The molecule has 0 amide bonds. The highest BCUT2D eigenvalue weighted by atomic mass is 16.6. The van der Waals surface area contributed by atoms with E-state index in [9.17, 15) is 10.1 Å². The molecule has 25 heavy (non-hydrogen) atoms. The van der Waals surface area contributed by atoms with Crippen molar-refractivity contribution >= 4 is 16.6 Å². The Labute approximate surface area is 147 Å². The highest BCUT2D eigenvalue weighted by molar-refractivity contribution is 5.89. The summed E-state index contributed by atoms with van der Waals surface area (Å²) in [4.78, 5) is 10.8. The lowest BCUT2D eigenvalue weighted by atomic mass is 9.94. The van der Waals surface area contributed by atoms with Crippen molar-refractivity contribution in [2.45, 2.75) is 45.1 Å². The summed E-state index contributed by atoms with van der Waals surface area (Å²) < 4.78 is 2.42. The van der Waals surface area contributed by atoms with E-state index in [4.69, 9.17) is 0 Å². The van der Waals surface area contributed by atoms with Gasteiger partial charge in [-0.1, -0.05) is 49.1 Å². The van der Waals surface area contributed by atoms with E-state index in [1.165, 1.54) is 48.9 Å². The molecule has 1 heterocycles. The normalized spacial score (nSPS) is 15.6. The Balaban J connectivity index is 1.92. The van der Waals surface area contributed by atoms with Gasteiger partial charge in [0, 0.05) is 34.8 Å². The van der Waals surface area contributed by atoms with Gasteiger partial charge in [0.2, 0.25) is 0 Å². The molecule has 128 valence electrons. The molecule has 1 saturated carbocycles. The molecular formula is C21H22N2O2. The molecule has 0 spiro atoms. The third-order valence-corrected chi connectivity index (χ3v) is 5.32. The third-order valence-electron chi connectivity index (χ3n) is 5.32. The molecule has 1 aliphatic carbocycles. The first-order valence-electron chi connectivity index (χ1n) is 9.00. The summed E-state index contributed by atoms with van der Waals surface area (Å²) in [5.74, 6) is 0. The second-order valence-electron chi connectivity index (χ2n) is 7.06. The third kappa shape index (κ3) is 2.93. The lowest BCUT2D eigenvalue weighted by Gasteiger charge is -2.26. The number of nitro groups is 1. The van der Waals surface area contributed by atoms with E-state index in [2.05, 4.69) is 41.8 Å². The van der Waals surface area contributed by atoms with Crippen LogP contribution in [-0.4, -0.2) is 9.49 Å². The van der Waals surface area contributed by atoms with Crippen LogP contribution in [0.1, 0.15) is 43.7 Å². The van der Waals surface area contributed by atoms with E-state index in [0.29, 0.717) is 6.04 Å². The summed E-state index contributed by atoms with van der Waals surface area (Å²) in [7, 11) is 0. The Kier molecular flexibility index (Phi) is 4.04. The maximum absolute atomic E-state index is 11.1. The smallest absolute Gasteiger partial charge is 0.270 e. The maximum atomic E-state index is 11.1. The number of hydrogen-bond donors (Lipinski definition) is 0. The molecular weight excluding hydrogens is 312 g/mol. The monoisotopic (exact) mass is 334 g/mol. The lowest BCUT2D eigenvalue weighted by molar-refractivity contribution is -0.384. The van der Waals surface area contributed by atoms with Gasteiger partial charge in [-0.05, 0) is 37.5 Å². The molecule has 0 saturated heterocycles. The van der Waals surface area contributed by atoms with Gasteiger partial charge in [0.25, 0.3) is 5.69 Å². The molecule has 4 nitrogen and oxygen atoms in total. The summed E-state index contributed by atoms with van der Waals surface area (Å²) in [6.45, 7) is 2.09. The minimum atomic E-state index is -0.317. The molecule has 1 aromatic heterocycles. The lowest BCUT2D eigenvalue weighted by Crippen LogP contribution is -2.13. The highest BCUT2D eigenvalue weighted by Gasteiger charge is 2.22. The van der Waals surface area contributed by atoms with Crippen molar-refractivity contribution in [1.82, 2.24) is 4.57 Å². The minimum absolute atomic E-state index is 0.156. The number of hydrogen-bond acceptors (Lipinski definition) is 2. The summed E-state index contributed by atoms with van der Waals surface area (Å²) in [6.07, 6.45) is 6.18. The van der Waals surface area contributed by atoms with Gasteiger partial charge in [-0.3, -0.25) is 10.1 Å². The number of fused-ring (bicyclic) bond motifs is 1. The van der Waals surface area contributed by atoms with Crippen molar-refractivity contribution in [3.63, 3.8) is 0 Å². The summed E-state index contributed by atoms with van der Waals surface area (Å²) in [5.41, 5.74) is 4.84. The molecule has 1 fully saturated rings. The highest BCUT2D eigenvalue weighted by Crippen LogP contribution is 2.38. The van der Waals surface area contributed by atoms with Crippen molar-refractivity contribution in [3.8, 4) is 11.3 Å². The molecule has 1 aliphatic rings. The van der Waals surface area contributed by atoms with Crippen molar-refractivity contribution < 1.29 is 4.92 Å². The molecule has 0 aliphatic heterocycles. The van der Waals surface area contributed by atoms with E-state index in [0.717, 1.165) is 10.9 Å². The van der Waals surface area contributed by atoms with Crippen LogP contribution in [-0.2, 0) is 0 Å².